The highest BCUT2D eigenvalue weighted by atomic mass is 35.5. The number of halogens is 2. The number of hydrogen-bond acceptors (Lipinski definition) is 4. The summed E-state index contributed by atoms with van der Waals surface area (Å²) in [5.74, 6) is 0.447. The number of ether oxygens (including phenoxy) is 2. The predicted molar refractivity (Wildman–Crippen MR) is 81.0 cm³/mol. The molecular weight excluding hydrogens is 301 g/mol. The lowest BCUT2D eigenvalue weighted by Gasteiger charge is -2.16. The molecule has 1 heterocycles. The van der Waals surface area contributed by atoms with Gasteiger partial charge in [-0.15, -0.1) is 12.4 Å². The number of aryl methyl sites for hydroxylation is 2. The third-order valence-electron chi connectivity index (χ3n) is 3.23. The summed E-state index contributed by atoms with van der Waals surface area (Å²) in [6.07, 6.45) is 0.527. The summed E-state index contributed by atoms with van der Waals surface area (Å²) in [5, 5.41) is 3.70. The van der Waals surface area contributed by atoms with Gasteiger partial charge in [0, 0.05) is 13.0 Å². The van der Waals surface area contributed by atoms with Crippen molar-refractivity contribution in [3.05, 3.63) is 28.3 Å². The number of rotatable bonds is 3. The van der Waals surface area contributed by atoms with Crippen LogP contribution in [-0.4, -0.2) is 31.8 Å². The fraction of sp³-hybridized carbons (Fsp3) is 0.500. The highest BCUT2D eigenvalue weighted by Gasteiger charge is 2.31. The van der Waals surface area contributed by atoms with Gasteiger partial charge in [0.15, 0.2) is 0 Å². The van der Waals surface area contributed by atoms with Gasteiger partial charge in [-0.05, 0) is 31.0 Å². The highest BCUT2D eigenvalue weighted by molar-refractivity contribution is 6.32. The maximum absolute atomic E-state index is 11.4. The van der Waals surface area contributed by atoms with E-state index in [0.29, 0.717) is 23.7 Å². The first-order valence-corrected chi connectivity index (χ1v) is 6.63. The second kappa shape index (κ2) is 7.16. The van der Waals surface area contributed by atoms with Gasteiger partial charge < -0.3 is 14.8 Å². The van der Waals surface area contributed by atoms with Crippen LogP contribution in [0, 0.1) is 13.8 Å². The number of esters is 1. The number of methoxy groups -OCH3 is 1. The fourth-order valence-corrected chi connectivity index (χ4v) is 2.70. The Kier molecular flexibility index (Phi) is 6.11. The normalized spacial score (nSPS) is 21.2. The number of benzene rings is 1. The second-order valence-corrected chi connectivity index (χ2v) is 5.26. The van der Waals surface area contributed by atoms with Crippen LogP contribution in [-0.2, 0) is 9.53 Å². The van der Waals surface area contributed by atoms with E-state index in [2.05, 4.69) is 5.32 Å². The Morgan fingerprint density at radius 2 is 2.10 bits per heavy atom. The number of carbonyl (C=O) groups excluding carboxylic acids is 1. The largest absolute Gasteiger partial charge is 0.487 e. The van der Waals surface area contributed by atoms with Crippen molar-refractivity contribution in [1.29, 1.82) is 0 Å². The first-order chi connectivity index (χ1) is 9.01. The molecule has 0 aromatic heterocycles. The van der Waals surface area contributed by atoms with Crippen molar-refractivity contribution in [3.8, 4) is 5.75 Å². The van der Waals surface area contributed by atoms with Crippen molar-refractivity contribution in [2.75, 3.05) is 13.7 Å². The molecule has 1 aromatic carbocycles. The van der Waals surface area contributed by atoms with Crippen LogP contribution < -0.4 is 10.1 Å². The van der Waals surface area contributed by atoms with Crippen LogP contribution in [0.25, 0.3) is 0 Å². The molecule has 2 rings (SSSR count). The maximum Gasteiger partial charge on any atom is 0.323 e. The Bertz CT molecular complexity index is 470. The van der Waals surface area contributed by atoms with Gasteiger partial charge in [-0.2, -0.15) is 0 Å². The summed E-state index contributed by atoms with van der Waals surface area (Å²) in [5.41, 5.74) is 2.11. The molecule has 0 saturated carbocycles. The average molecular weight is 320 g/mol. The molecule has 0 unspecified atom stereocenters. The lowest BCUT2D eigenvalue weighted by molar-refractivity contribution is -0.142. The molecule has 1 aromatic rings. The Labute approximate surface area is 130 Å². The van der Waals surface area contributed by atoms with Crippen LogP contribution in [0.5, 0.6) is 5.75 Å². The third kappa shape index (κ3) is 3.78. The quantitative estimate of drug-likeness (QED) is 0.870. The molecule has 1 aliphatic rings. The number of nitrogens with one attached hydrogen (secondary N) is 1. The first-order valence-electron chi connectivity index (χ1n) is 6.26. The molecule has 2 atom stereocenters. The third-order valence-corrected chi connectivity index (χ3v) is 3.52. The summed E-state index contributed by atoms with van der Waals surface area (Å²) in [4.78, 5) is 11.4. The van der Waals surface area contributed by atoms with Crippen LogP contribution in [0.1, 0.15) is 17.5 Å². The minimum absolute atomic E-state index is 0. The van der Waals surface area contributed by atoms with Crippen LogP contribution in [0.15, 0.2) is 12.1 Å². The zero-order chi connectivity index (χ0) is 14.0. The number of hydrogen-bond donors (Lipinski definition) is 1. The molecule has 0 spiro atoms. The van der Waals surface area contributed by atoms with Gasteiger partial charge in [0.05, 0.1) is 12.1 Å². The Balaban J connectivity index is 0.00000200. The molecule has 0 bridgehead atoms. The molecule has 4 nitrogen and oxygen atoms in total. The van der Waals surface area contributed by atoms with Crippen LogP contribution in [0.2, 0.25) is 5.02 Å². The van der Waals surface area contributed by atoms with E-state index < -0.39 is 0 Å². The van der Waals surface area contributed by atoms with E-state index in [1.54, 1.807) is 0 Å². The standard InChI is InChI=1S/C14H18ClNO3.ClH/c1-8-4-9(2)13(11(15)5-8)19-10-6-12(16-7-10)14(17)18-3;/h4-5,10,12,16H,6-7H2,1-3H3;1H/t10-,12+;/m1./s1. The van der Waals surface area contributed by atoms with Crippen molar-refractivity contribution < 1.29 is 14.3 Å². The average Bonchev–Trinajstić information content (AvgIpc) is 2.81. The van der Waals surface area contributed by atoms with Crippen molar-refractivity contribution in [3.63, 3.8) is 0 Å². The van der Waals surface area contributed by atoms with Gasteiger partial charge in [-0.3, -0.25) is 4.79 Å². The Hall–Kier alpha value is -0.970. The summed E-state index contributed by atoms with van der Waals surface area (Å²) in [6, 6.07) is 3.62. The lowest BCUT2D eigenvalue weighted by atomic mass is 10.1. The summed E-state index contributed by atoms with van der Waals surface area (Å²) in [7, 11) is 1.39. The smallest absolute Gasteiger partial charge is 0.323 e. The fourth-order valence-electron chi connectivity index (χ4n) is 2.33. The first kappa shape index (κ1) is 17.1. The molecule has 1 saturated heterocycles. The van der Waals surface area contributed by atoms with Crippen LogP contribution >= 0.6 is 24.0 Å². The topological polar surface area (TPSA) is 47.6 Å². The van der Waals surface area contributed by atoms with Crippen molar-refractivity contribution >= 4 is 30.0 Å². The molecule has 0 radical (unpaired) electrons. The molecule has 20 heavy (non-hydrogen) atoms. The molecule has 1 aliphatic heterocycles. The molecule has 1 fully saturated rings. The maximum atomic E-state index is 11.4. The van der Waals surface area contributed by atoms with E-state index in [0.717, 1.165) is 11.1 Å². The predicted octanol–water partition coefficient (Wildman–Crippen LogP) is 2.66. The van der Waals surface area contributed by atoms with Gasteiger partial charge >= 0.3 is 5.97 Å². The van der Waals surface area contributed by atoms with Crippen molar-refractivity contribution in [2.24, 2.45) is 0 Å². The van der Waals surface area contributed by atoms with E-state index in [1.807, 2.05) is 26.0 Å². The van der Waals surface area contributed by atoms with Gasteiger partial charge in [-0.25, -0.2) is 0 Å². The van der Waals surface area contributed by atoms with Crippen molar-refractivity contribution in [2.45, 2.75) is 32.4 Å². The van der Waals surface area contributed by atoms with E-state index >= 15 is 0 Å². The number of carbonyl (C=O) groups is 1. The van der Waals surface area contributed by atoms with E-state index in [4.69, 9.17) is 21.1 Å². The van der Waals surface area contributed by atoms with Crippen LogP contribution in [0.3, 0.4) is 0 Å². The molecule has 112 valence electrons. The minimum atomic E-state index is -0.292. The second-order valence-electron chi connectivity index (χ2n) is 4.85. The Morgan fingerprint density at radius 1 is 1.40 bits per heavy atom. The summed E-state index contributed by atoms with van der Waals surface area (Å²) < 4.78 is 10.6. The SMILES string of the molecule is COC(=O)[C@@H]1C[C@@H](Oc2c(C)cc(C)cc2Cl)CN1.Cl. The monoisotopic (exact) mass is 319 g/mol. The van der Waals surface area contributed by atoms with Crippen LogP contribution in [0.4, 0.5) is 0 Å². The highest BCUT2D eigenvalue weighted by Crippen LogP contribution is 2.31. The minimum Gasteiger partial charge on any atom is -0.487 e. The molecule has 0 aliphatic carbocycles. The lowest BCUT2D eigenvalue weighted by Crippen LogP contribution is -2.31. The molecule has 1 N–H and O–H groups in total. The van der Waals surface area contributed by atoms with E-state index in [1.165, 1.54) is 7.11 Å². The van der Waals surface area contributed by atoms with Crippen molar-refractivity contribution in [1.82, 2.24) is 5.32 Å². The Morgan fingerprint density at radius 3 is 2.70 bits per heavy atom. The molecule has 6 heteroatoms. The van der Waals surface area contributed by atoms with E-state index in [-0.39, 0.29) is 30.5 Å². The zero-order valence-corrected chi connectivity index (χ0v) is 13.3. The van der Waals surface area contributed by atoms with Gasteiger partial charge in [0.2, 0.25) is 0 Å². The summed E-state index contributed by atoms with van der Waals surface area (Å²) in [6.45, 7) is 4.57. The van der Waals surface area contributed by atoms with Gasteiger partial charge in [-0.1, -0.05) is 17.7 Å². The molecule has 0 amide bonds. The zero-order valence-electron chi connectivity index (χ0n) is 11.7. The summed E-state index contributed by atoms with van der Waals surface area (Å²) >= 11 is 6.20. The van der Waals surface area contributed by atoms with E-state index in [9.17, 15) is 4.79 Å². The van der Waals surface area contributed by atoms with Gasteiger partial charge in [0.25, 0.3) is 0 Å². The molecular formula is C14H19Cl2NO3. The van der Waals surface area contributed by atoms with Gasteiger partial charge in [0.1, 0.15) is 17.9 Å².